The number of thioether (sulfide) groups is 1. The second kappa shape index (κ2) is 6.25. The third-order valence-electron chi connectivity index (χ3n) is 3.02. The molecule has 3 N–H and O–H groups in total. The fourth-order valence-electron chi connectivity index (χ4n) is 1.88. The number of hydrogen-bond donors (Lipinski definition) is 2. The highest BCUT2D eigenvalue weighted by molar-refractivity contribution is 7.99. The van der Waals surface area contributed by atoms with Gasteiger partial charge in [-0.05, 0) is 25.0 Å². The minimum absolute atomic E-state index is 0.0477. The molecule has 0 aromatic carbocycles. The van der Waals surface area contributed by atoms with Gasteiger partial charge in [0.25, 0.3) is 0 Å². The lowest BCUT2D eigenvalue weighted by molar-refractivity contribution is -0.118. The summed E-state index contributed by atoms with van der Waals surface area (Å²) < 4.78 is 2.64. The summed E-state index contributed by atoms with van der Waals surface area (Å²) in [6.07, 6.45) is 2.20. The van der Waals surface area contributed by atoms with Gasteiger partial charge in [0, 0.05) is 10.9 Å². The second-order valence-corrected chi connectivity index (χ2v) is 7.46. The van der Waals surface area contributed by atoms with Gasteiger partial charge in [-0.25, -0.2) is 0 Å². The van der Waals surface area contributed by atoms with Gasteiger partial charge in [0.1, 0.15) is 0 Å². The zero-order chi connectivity index (χ0) is 14.8. The Hall–Kier alpha value is -1.25. The lowest BCUT2D eigenvalue weighted by Crippen LogP contribution is -2.24. The summed E-state index contributed by atoms with van der Waals surface area (Å²) in [6, 6.07) is 4.13. The number of carbonyl (C=O) groups excluding carboxylic acids is 1. The number of nitrogens with zero attached hydrogens (tertiary/aromatic N) is 3. The summed E-state index contributed by atoms with van der Waals surface area (Å²) in [7, 11) is 0. The van der Waals surface area contributed by atoms with Crippen LogP contribution in [0.4, 0.5) is 5.95 Å². The fraction of sp³-hybridized carbons (Fsp3) is 0.417. The minimum atomic E-state index is -0.0477. The van der Waals surface area contributed by atoms with Crippen LogP contribution in [0.3, 0.4) is 0 Å². The number of nitrogen functional groups attached to an aromatic ring is 1. The molecule has 6 nitrogen and oxygen atoms in total. The fourth-order valence-corrected chi connectivity index (χ4v) is 3.75. The van der Waals surface area contributed by atoms with Gasteiger partial charge in [0.2, 0.25) is 11.9 Å². The molecule has 0 spiro atoms. The minimum Gasteiger partial charge on any atom is -0.368 e. The van der Waals surface area contributed by atoms with Crippen molar-refractivity contribution in [2.24, 2.45) is 0 Å². The van der Waals surface area contributed by atoms with E-state index in [1.807, 2.05) is 16.7 Å². The Morgan fingerprint density at radius 3 is 3.00 bits per heavy atom. The van der Waals surface area contributed by atoms with Crippen molar-refractivity contribution < 1.29 is 4.79 Å². The van der Waals surface area contributed by atoms with E-state index in [0.717, 1.165) is 22.1 Å². The normalized spacial score (nSPS) is 14.3. The van der Waals surface area contributed by atoms with Crippen LogP contribution in [-0.4, -0.2) is 26.4 Å². The van der Waals surface area contributed by atoms with Gasteiger partial charge in [0.15, 0.2) is 5.16 Å². The van der Waals surface area contributed by atoms with E-state index in [2.05, 4.69) is 15.5 Å². The maximum atomic E-state index is 11.9. The van der Waals surface area contributed by atoms with Crippen LogP contribution in [0.2, 0.25) is 4.34 Å². The van der Waals surface area contributed by atoms with E-state index in [0.29, 0.717) is 29.4 Å². The van der Waals surface area contributed by atoms with E-state index in [-0.39, 0.29) is 5.91 Å². The number of nitrogens with two attached hydrogens (primary N) is 1. The Bertz CT molecular complexity index is 652. The third-order valence-corrected chi connectivity index (χ3v) is 5.20. The van der Waals surface area contributed by atoms with Crippen molar-refractivity contribution in [1.29, 1.82) is 0 Å². The van der Waals surface area contributed by atoms with Crippen LogP contribution >= 0.6 is 34.7 Å². The Morgan fingerprint density at radius 2 is 2.33 bits per heavy atom. The quantitative estimate of drug-likeness (QED) is 0.786. The molecule has 1 aliphatic rings. The number of nitrogens with one attached hydrogen (secondary N) is 1. The molecule has 2 aromatic rings. The number of rotatable bonds is 6. The average Bonchev–Trinajstić information content (AvgIpc) is 3.10. The van der Waals surface area contributed by atoms with Gasteiger partial charge in [-0.3, -0.25) is 9.36 Å². The average molecular weight is 344 g/mol. The predicted molar refractivity (Wildman–Crippen MR) is 84.6 cm³/mol. The molecule has 1 aliphatic carbocycles. The standard InChI is InChI=1S/C12H14ClN5OS2/c13-9-4-3-8(21-9)5-15-10(19)6-20-12-17-16-11(14)18(12)7-1-2-7/h3-4,7H,1-2,5-6H2,(H2,14,16)(H,15,19). The Kier molecular flexibility index (Phi) is 4.37. The van der Waals surface area contributed by atoms with Gasteiger partial charge < -0.3 is 11.1 Å². The van der Waals surface area contributed by atoms with E-state index < -0.39 is 0 Å². The predicted octanol–water partition coefficient (Wildman–Crippen LogP) is 2.32. The number of aromatic nitrogens is 3. The maximum Gasteiger partial charge on any atom is 0.230 e. The van der Waals surface area contributed by atoms with Gasteiger partial charge >= 0.3 is 0 Å². The van der Waals surface area contributed by atoms with Gasteiger partial charge in [-0.1, -0.05) is 23.4 Å². The van der Waals surface area contributed by atoms with Crippen molar-refractivity contribution in [3.63, 3.8) is 0 Å². The van der Waals surface area contributed by atoms with Crippen molar-refractivity contribution in [2.45, 2.75) is 30.6 Å². The topological polar surface area (TPSA) is 85.8 Å². The molecule has 0 radical (unpaired) electrons. The molecule has 0 atom stereocenters. The van der Waals surface area contributed by atoms with Crippen molar-refractivity contribution in [2.75, 3.05) is 11.5 Å². The molecule has 0 bridgehead atoms. The summed E-state index contributed by atoms with van der Waals surface area (Å²) in [4.78, 5) is 12.9. The van der Waals surface area contributed by atoms with Crippen LogP contribution in [0.15, 0.2) is 17.3 Å². The zero-order valence-corrected chi connectivity index (χ0v) is 13.5. The maximum absolute atomic E-state index is 11.9. The lowest BCUT2D eigenvalue weighted by atomic mass is 10.4. The van der Waals surface area contributed by atoms with Crippen molar-refractivity contribution in [1.82, 2.24) is 20.1 Å². The first-order valence-electron chi connectivity index (χ1n) is 6.47. The highest BCUT2D eigenvalue weighted by Crippen LogP contribution is 2.39. The molecule has 3 rings (SSSR count). The molecule has 1 saturated carbocycles. The molecule has 1 fully saturated rings. The summed E-state index contributed by atoms with van der Waals surface area (Å²) in [6.45, 7) is 0.494. The molecule has 1 amide bonds. The molecule has 0 unspecified atom stereocenters. The molecule has 2 aromatic heterocycles. The van der Waals surface area contributed by atoms with Gasteiger partial charge in [-0.2, -0.15) is 0 Å². The molecule has 0 saturated heterocycles. The van der Waals surface area contributed by atoms with Crippen LogP contribution < -0.4 is 11.1 Å². The molecular formula is C12H14ClN5OS2. The Balaban J connectivity index is 1.49. The second-order valence-electron chi connectivity index (χ2n) is 4.71. The van der Waals surface area contributed by atoms with Crippen LogP contribution in [0, 0.1) is 0 Å². The molecule has 0 aliphatic heterocycles. The molecular weight excluding hydrogens is 330 g/mol. The van der Waals surface area contributed by atoms with Crippen molar-refractivity contribution in [3.8, 4) is 0 Å². The first-order valence-corrected chi connectivity index (χ1v) is 8.65. The summed E-state index contributed by atoms with van der Waals surface area (Å²) >= 11 is 8.67. The molecule has 112 valence electrons. The van der Waals surface area contributed by atoms with Crippen LogP contribution in [-0.2, 0) is 11.3 Å². The number of thiophene rings is 1. The molecule has 9 heteroatoms. The monoisotopic (exact) mass is 343 g/mol. The number of anilines is 1. The third kappa shape index (κ3) is 3.69. The molecule has 2 heterocycles. The van der Waals surface area contributed by atoms with Crippen LogP contribution in [0.1, 0.15) is 23.8 Å². The van der Waals surface area contributed by atoms with E-state index in [4.69, 9.17) is 17.3 Å². The van der Waals surface area contributed by atoms with E-state index in [1.165, 1.54) is 23.1 Å². The van der Waals surface area contributed by atoms with Crippen LogP contribution in [0.25, 0.3) is 0 Å². The van der Waals surface area contributed by atoms with E-state index in [9.17, 15) is 4.79 Å². The van der Waals surface area contributed by atoms with Gasteiger partial charge in [-0.15, -0.1) is 21.5 Å². The Morgan fingerprint density at radius 1 is 1.52 bits per heavy atom. The smallest absolute Gasteiger partial charge is 0.230 e. The first kappa shape index (κ1) is 14.7. The summed E-state index contributed by atoms with van der Waals surface area (Å²) in [5, 5.41) is 11.5. The van der Waals surface area contributed by atoms with Crippen molar-refractivity contribution in [3.05, 3.63) is 21.3 Å². The van der Waals surface area contributed by atoms with E-state index in [1.54, 1.807) is 0 Å². The summed E-state index contributed by atoms with van der Waals surface area (Å²) in [5.74, 6) is 0.673. The number of hydrogen-bond acceptors (Lipinski definition) is 6. The highest BCUT2D eigenvalue weighted by atomic mass is 35.5. The molecule has 21 heavy (non-hydrogen) atoms. The number of amides is 1. The Labute approximate surface area is 135 Å². The number of carbonyl (C=O) groups is 1. The van der Waals surface area contributed by atoms with Crippen LogP contribution in [0.5, 0.6) is 0 Å². The summed E-state index contributed by atoms with van der Waals surface area (Å²) in [5.41, 5.74) is 5.79. The largest absolute Gasteiger partial charge is 0.368 e. The van der Waals surface area contributed by atoms with E-state index >= 15 is 0 Å². The van der Waals surface area contributed by atoms with Crippen molar-refractivity contribution >= 4 is 46.6 Å². The number of halogens is 1. The lowest BCUT2D eigenvalue weighted by Gasteiger charge is -2.06. The zero-order valence-electron chi connectivity index (χ0n) is 11.1. The van der Waals surface area contributed by atoms with Gasteiger partial charge in [0.05, 0.1) is 16.6 Å². The highest BCUT2D eigenvalue weighted by Gasteiger charge is 2.29. The first-order chi connectivity index (χ1) is 10.1. The SMILES string of the molecule is Nc1nnc(SCC(=O)NCc2ccc(Cl)s2)n1C1CC1.